The van der Waals surface area contributed by atoms with Crippen LogP contribution < -0.4 is 4.80 Å². The molecule has 7 nitrogen and oxygen atoms in total. The van der Waals surface area contributed by atoms with E-state index in [9.17, 15) is 13.2 Å². The van der Waals surface area contributed by atoms with Crippen molar-refractivity contribution in [1.29, 1.82) is 0 Å². The maximum absolute atomic E-state index is 10.6. The van der Waals surface area contributed by atoms with E-state index in [-0.39, 0.29) is 4.80 Å². The van der Waals surface area contributed by atoms with Crippen molar-refractivity contribution in [3.05, 3.63) is 4.80 Å². The van der Waals surface area contributed by atoms with Crippen molar-refractivity contribution >= 4 is 27.4 Å². The van der Waals surface area contributed by atoms with Gasteiger partial charge in [0.1, 0.15) is 0 Å². The number of hydrogen-bond acceptors (Lipinski definition) is 5. The summed E-state index contributed by atoms with van der Waals surface area (Å²) in [7, 11) is -2.90. The van der Waals surface area contributed by atoms with Gasteiger partial charge < -0.3 is 0 Å². The second kappa shape index (κ2) is 3.59. The molecule has 0 bridgehead atoms. The van der Waals surface area contributed by atoms with Gasteiger partial charge in [-0.1, -0.05) is 11.3 Å². The first-order valence-corrected chi connectivity index (χ1v) is 5.63. The lowest BCUT2D eigenvalue weighted by Gasteiger charge is -1.85. The number of rotatable bonds is 1. The number of aromatic nitrogens is 2. The molecule has 1 rings (SSSR count). The minimum absolute atomic E-state index is 0.116. The topological polar surface area (TPSA) is 102 Å². The maximum atomic E-state index is 10.6. The molecule has 1 aromatic heterocycles. The highest BCUT2D eigenvalue weighted by Crippen LogP contribution is 2.05. The fourth-order valence-electron chi connectivity index (χ4n) is 0.664. The highest BCUT2D eigenvalue weighted by atomic mass is 32.3. The van der Waals surface area contributed by atoms with Gasteiger partial charge in [0.2, 0.25) is 10.7 Å². The summed E-state index contributed by atoms with van der Waals surface area (Å²) < 4.78 is 30.6. The molecule has 0 aliphatic carbocycles. The summed E-state index contributed by atoms with van der Waals surface area (Å²) in [5.74, 6) is -0.467. The van der Waals surface area contributed by atoms with Crippen LogP contribution in [0.4, 0.5) is 0 Å². The first kappa shape index (κ1) is 11.0. The van der Waals surface area contributed by atoms with E-state index in [2.05, 4.69) is 10.1 Å². The fourth-order valence-corrected chi connectivity index (χ4v) is 2.20. The molecule has 0 saturated carbocycles. The van der Waals surface area contributed by atoms with E-state index >= 15 is 0 Å². The highest BCUT2D eigenvalue weighted by molar-refractivity contribution is 7.87. The highest BCUT2D eigenvalue weighted by Gasteiger charge is 2.15. The Hall–Kier alpha value is -1.06. The van der Waals surface area contributed by atoms with E-state index in [1.54, 1.807) is 0 Å². The molecular weight excluding hydrogens is 230 g/mol. The lowest BCUT2D eigenvalue weighted by molar-refractivity contribution is -0.116. The van der Waals surface area contributed by atoms with Crippen LogP contribution in [0.15, 0.2) is 9.33 Å². The first-order valence-electron chi connectivity index (χ1n) is 3.37. The molecule has 14 heavy (non-hydrogen) atoms. The van der Waals surface area contributed by atoms with Crippen LogP contribution in [0.5, 0.6) is 0 Å². The number of carbonyl (C=O) groups is 1. The van der Waals surface area contributed by atoms with E-state index in [1.807, 2.05) is 0 Å². The van der Waals surface area contributed by atoms with Crippen molar-refractivity contribution < 1.29 is 17.8 Å². The molecule has 0 unspecified atom stereocenters. The Kier molecular flexibility index (Phi) is 2.83. The summed E-state index contributed by atoms with van der Waals surface area (Å²) in [6, 6.07) is 0. The molecule has 1 aromatic rings. The Labute approximate surface area is 83.5 Å². The summed E-state index contributed by atoms with van der Waals surface area (Å²) >= 11 is 0.621. The molecule has 78 valence electrons. The van der Waals surface area contributed by atoms with Crippen LogP contribution in [0.1, 0.15) is 6.92 Å². The van der Waals surface area contributed by atoms with Crippen LogP contribution >= 0.6 is 11.3 Å². The molecule has 0 aliphatic rings. The molecule has 1 amide bonds. The molecule has 9 heteroatoms. The molecule has 0 aliphatic heterocycles. The molecule has 1 N–H and O–H groups in total. The van der Waals surface area contributed by atoms with E-state index in [0.717, 1.165) is 4.68 Å². The standard InChI is InChI=1S/C5H7N3O4S2/c1-3(9)6-4-8(2)7-5(13-4)14(10,11)12/h1-2H3,(H,10,11,12). The fraction of sp³-hybridized carbons (Fsp3) is 0.400. The van der Waals surface area contributed by atoms with Crippen LogP contribution in [0.25, 0.3) is 0 Å². The largest absolute Gasteiger partial charge is 0.323 e. The quantitative estimate of drug-likeness (QED) is 0.643. The van der Waals surface area contributed by atoms with Gasteiger partial charge in [0.25, 0.3) is 4.34 Å². The molecule has 0 atom stereocenters. The summed E-state index contributed by atoms with van der Waals surface area (Å²) in [5.41, 5.74) is 0. The van der Waals surface area contributed by atoms with Gasteiger partial charge in [-0.15, -0.1) is 5.10 Å². The second-order valence-electron chi connectivity index (χ2n) is 2.38. The molecule has 0 aromatic carbocycles. The normalized spacial score (nSPS) is 13.2. The number of carbonyl (C=O) groups excluding carboxylic acids is 1. The predicted octanol–water partition coefficient (Wildman–Crippen LogP) is -0.825. The molecule has 0 spiro atoms. The number of aryl methyl sites for hydroxylation is 1. The van der Waals surface area contributed by atoms with Crippen molar-refractivity contribution in [2.45, 2.75) is 11.3 Å². The van der Waals surface area contributed by atoms with Gasteiger partial charge in [0.15, 0.2) is 0 Å². The van der Waals surface area contributed by atoms with Crippen molar-refractivity contribution in [2.75, 3.05) is 0 Å². The van der Waals surface area contributed by atoms with E-state index in [4.69, 9.17) is 4.55 Å². The van der Waals surface area contributed by atoms with Crippen molar-refractivity contribution in [1.82, 2.24) is 9.78 Å². The Morgan fingerprint density at radius 1 is 1.64 bits per heavy atom. The summed E-state index contributed by atoms with van der Waals surface area (Å²) in [4.78, 5) is 14.2. The van der Waals surface area contributed by atoms with Gasteiger partial charge in [-0.25, -0.2) is 4.68 Å². The third kappa shape index (κ3) is 2.47. The van der Waals surface area contributed by atoms with Gasteiger partial charge in [0.05, 0.1) is 0 Å². The molecule has 1 heterocycles. The van der Waals surface area contributed by atoms with Crippen LogP contribution in [0.2, 0.25) is 0 Å². The van der Waals surface area contributed by atoms with Gasteiger partial charge in [-0.3, -0.25) is 9.35 Å². The lowest BCUT2D eigenvalue weighted by atomic mass is 10.8. The monoisotopic (exact) mass is 237 g/mol. The second-order valence-corrected chi connectivity index (χ2v) is 4.93. The minimum Gasteiger partial charge on any atom is -0.280 e. The predicted molar refractivity (Wildman–Crippen MR) is 47.1 cm³/mol. The lowest BCUT2D eigenvalue weighted by Crippen LogP contribution is -2.13. The molecule has 0 saturated heterocycles. The summed E-state index contributed by atoms with van der Waals surface area (Å²) in [5, 5.41) is 3.49. The third-order valence-electron chi connectivity index (χ3n) is 1.16. The Bertz CT molecular complexity index is 523. The van der Waals surface area contributed by atoms with Gasteiger partial charge in [-0.05, 0) is 0 Å². The maximum Gasteiger partial charge on any atom is 0.323 e. The zero-order valence-corrected chi connectivity index (χ0v) is 8.96. The van der Waals surface area contributed by atoms with Crippen molar-refractivity contribution in [2.24, 2.45) is 12.0 Å². The van der Waals surface area contributed by atoms with Crippen LogP contribution in [-0.2, 0) is 22.0 Å². The van der Waals surface area contributed by atoms with Gasteiger partial charge in [-0.2, -0.15) is 13.4 Å². The smallest absolute Gasteiger partial charge is 0.280 e. The molecule has 0 fully saturated rings. The Morgan fingerprint density at radius 2 is 2.21 bits per heavy atom. The Balaban J connectivity index is 3.40. The van der Waals surface area contributed by atoms with Gasteiger partial charge >= 0.3 is 10.1 Å². The number of hydrogen-bond donors (Lipinski definition) is 1. The van der Waals surface area contributed by atoms with E-state index < -0.39 is 20.4 Å². The third-order valence-corrected chi connectivity index (χ3v) is 3.36. The Morgan fingerprint density at radius 3 is 2.57 bits per heavy atom. The van der Waals surface area contributed by atoms with Gasteiger partial charge in [0, 0.05) is 14.0 Å². The van der Waals surface area contributed by atoms with Crippen molar-refractivity contribution in [3.63, 3.8) is 0 Å². The number of nitrogens with zero attached hydrogens (tertiary/aromatic N) is 3. The summed E-state index contributed by atoms with van der Waals surface area (Å²) in [6.07, 6.45) is 0. The van der Waals surface area contributed by atoms with Crippen molar-refractivity contribution in [3.8, 4) is 0 Å². The molecular formula is C5H7N3O4S2. The zero-order chi connectivity index (χ0) is 10.9. The van der Waals surface area contributed by atoms with Crippen LogP contribution in [0.3, 0.4) is 0 Å². The first-order chi connectivity index (χ1) is 6.30. The zero-order valence-electron chi connectivity index (χ0n) is 7.33. The average Bonchev–Trinajstić information content (AvgIpc) is 2.30. The molecule has 0 radical (unpaired) electrons. The minimum atomic E-state index is -4.33. The van der Waals surface area contributed by atoms with E-state index in [1.165, 1.54) is 14.0 Å². The summed E-state index contributed by atoms with van der Waals surface area (Å²) in [6.45, 7) is 1.23. The number of amides is 1. The van der Waals surface area contributed by atoms with Crippen LogP contribution in [-0.4, -0.2) is 28.7 Å². The SMILES string of the molecule is CC(=O)N=c1sc(S(=O)(=O)O)nn1C. The van der Waals surface area contributed by atoms with Crippen LogP contribution in [0, 0.1) is 0 Å². The average molecular weight is 237 g/mol. The van der Waals surface area contributed by atoms with E-state index in [0.29, 0.717) is 11.3 Å².